The minimum absolute atomic E-state index is 0.0563. The fraction of sp³-hybridized carbons (Fsp3) is 0.208. The Morgan fingerprint density at radius 3 is 1.86 bits per heavy atom. The molecule has 4 heteroatoms. The lowest BCUT2D eigenvalue weighted by Crippen LogP contribution is -2.06. The number of aromatic hydroxyl groups is 1. The maximum atomic E-state index is 13.1. The molecule has 2 N–H and O–H groups in total. The van der Waals surface area contributed by atoms with Crippen LogP contribution in [0.2, 0.25) is 0 Å². The van der Waals surface area contributed by atoms with Crippen LogP contribution in [0.1, 0.15) is 41.6 Å². The predicted molar refractivity (Wildman–Crippen MR) is 106 cm³/mol. The monoisotopic (exact) mass is 381 g/mol. The average molecular weight is 381 g/mol. The van der Waals surface area contributed by atoms with Crippen LogP contribution in [-0.4, -0.2) is 10.2 Å². The van der Waals surface area contributed by atoms with Crippen LogP contribution in [0.25, 0.3) is 0 Å². The normalized spacial score (nSPS) is 13.2. The lowest BCUT2D eigenvalue weighted by molar-refractivity contribution is 0.162. The Kier molecular flexibility index (Phi) is 6.77. The van der Waals surface area contributed by atoms with Gasteiger partial charge in [-0.05, 0) is 84.7 Å². The molecule has 0 saturated carbocycles. The van der Waals surface area contributed by atoms with Crippen molar-refractivity contribution in [2.45, 2.75) is 31.3 Å². The van der Waals surface area contributed by atoms with E-state index in [-0.39, 0.29) is 23.3 Å². The zero-order chi connectivity index (χ0) is 19.9. The molecule has 0 fully saturated rings. The predicted octanol–water partition coefficient (Wildman–Crippen LogP) is 5.71. The largest absolute Gasteiger partial charge is 0.508 e. The quantitative estimate of drug-likeness (QED) is 0.524. The second-order valence-electron chi connectivity index (χ2n) is 6.91. The summed E-state index contributed by atoms with van der Waals surface area (Å²) in [5.74, 6) is -0.333. The number of benzene rings is 3. The summed E-state index contributed by atoms with van der Waals surface area (Å²) in [6.45, 7) is 0. The number of aliphatic hydroxyl groups excluding tert-OH is 1. The van der Waals surface area contributed by atoms with E-state index in [2.05, 4.69) is 6.42 Å². The molecule has 3 aromatic carbocycles. The van der Waals surface area contributed by atoms with Crippen molar-refractivity contribution in [3.05, 3.63) is 108 Å². The fourth-order valence-corrected chi connectivity index (χ4v) is 3.23. The van der Waals surface area contributed by atoms with E-state index in [4.69, 9.17) is 0 Å². The van der Waals surface area contributed by atoms with E-state index >= 15 is 0 Å². The third kappa shape index (κ3) is 5.64. The van der Waals surface area contributed by atoms with Gasteiger partial charge in [0.05, 0.1) is 6.10 Å². The van der Waals surface area contributed by atoms with E-state index in [1.165, 1.54) is 24.3 Å². The number of hydrogen-bond donors (Lipinski definition) is 2. The summed E-state index contributed by atoms with van der Waals surface area (Å²) in [5, 5.41) is 20.0. The Balaban J connectivity index is 1.67. The molecule has 1 radical (unpaired) electrons. The van der Waals surface area contributed by atoms with Crippen LogP contribution < -0.4 is 0 Å². The molecule has 28 heavy (non-hydrogen) atoms. The Labute approximate surface area is 164 Å². The maximum Gasteiger partial charge on any atom is 0.123 e. The minimum Gasteiger partial charge on any atom is -0.508 e. The summed E-state index contributed by atoms with van der Waals surface area (Å²) in [5.41, 5.74) is 2.72. The zero-order valence-corrected chi connectivity index (χ0v) is 15.4. The van der Waals surface area contributed by atoms with Crippen molar-refractivity contribution in [1.29, 1.82) is 0 Å². The van der Waals surface area contributed by atoms with Crippen molar-refractivity contribution in [2.24, 2.45) is 0 Å². The lowest BCUT2D eigenvalue weighted by atomic mass is 9.87. The summed E-state index contributed by atoms with van der Waals surface area (Å²) in [6, 6.07) is 19.3. The first-order chi connectivity index (χ1) is 13.5. The molecule has 0 aliphatic carbocycles. The third-order valence-corrected chi connectivity index (χ3v) is 4.88. The van der Waals surface area contributed by atoms with Gasteiger partial charge in [-0.1, -0.05) is 36.4 Å². The first kappa shape index (κ1) is 20.0. The molecule has 0 aliphatic heterocycles. The Hall–Kier alpha value is -2.72. The van der Waals surface area contributed by atoms with Gasteiger partial charge in [0.15, 0.2) is 0 Å². The van der Waals surface area contributed by atoms with Crippen LogP contribution in [-0.2, 0) is 6.42 Å². The van der Waals surface area contributed by atoms with Gasteiger partial charge in [0.2, 0.25) is 0 Å². The molecule has 0 aliphatic rings. The molecule has 0 unspecified atom stereocenters. The highest BCUT2D eigenvalue weighted by molar-refractivity contribution is 5.31. The van der Waals surface area contributed by atoms with E-state index in [0.29, 0.717) is 24.8 Å². The first-order valence-electron chi connectivity index (χ1n) is 9.31. The lowest BCUT2D eigenvalue weighted by Gasteiger charge is -2.20. The molecular weight excluding hydrogens is 358 g/mol. The Morgan fingerprint density at radius 1 is 0.714 bits per heavy atom. The van der Waals surface area contributed by atoms with Crippen molar-refractivity contribution >= 4 is 0 Å². The van der Waals surface area contributed by atoms with Gasteiger partial charge < -0.3 is 10.2 Å². The number of rotatable bonds is 8. The van der Waals surface area contributed by atoms with Crippen molar-refractivity contribution in [3.8, 4) is 5.75 Å². The molecule has 0 bridgehead atoms. The molecule has 0 heterocycles. The number of hydrogen-bond acceptors (Lipinski definition) is 2. The van der Waals surface area contributed by atoms with Crippen molar-refractivity contribution in [2.75, 3.05) is 0 Å². The summed E-state index contributed by atoms with van der Waals surface area (Å²) < 4.78 is 26.2. The highest BCUT2D eigenvalue weighted by Crippen LogP contribution is 2.31. The van der Waals surface area contributed by atoms with Gasteiger partial charge in [0.1, 0.15) is 17.4 Å². The van der Waals surface area contributed by atoms with Crippen LogP contribution in [0.3, 0.4) is 0 Å². The van der Waals surface area contributed by atoms with Crippen LogP contribution in [0.15, 0.2) is 72.8 Å². The number of phenolic OH excluding ortho intramolecular Hbond substituents is 1. The maximum absolute atomic E-state index is 13.1. The van der Waals surface area contributed by atoms with Crippen LogP contribution >= 0.6 is 0 Å². The molecule has 0 aromatic heterocycles. The van der Waals surface area contributed by atoms with Crippen LogP contribution in [0, 0.1) is 18.1 Å². The van der Waals surface area contributed by atoms with Crippen LogP contribution in [0.5, 0.6) is 5.75 Å². The fourth-order valence-electron chi connectivity index (χ4n) is 3.23. The van der Waals surface area contributed by atoms with Gasteiger partial charge in [-0.2, -0.15) is 0 Å². The standard InChI is InChI=1S/C24H23F2O2/c25-21-10-2-17(3-11-21)1-4-18(19-7-14-23(27)15-8-19)9-16-24(28)20-5-12-22(26)13-6-20/h2-8,10-15,18,24,27-28H,1,9,16H2/t18-,24+/m0/s1. The molecule has 0 spiro atoms. The smallest absolute Gasteiger partial charge is 0.123 e. The molecule has 3 aromatic rings. The van der Waals surface area contributed by atoms with Gasteiger partial charge in [-0.25, -0.2) is 8.78 Å². The molecule has 0 amide bonds. The second kappa shape index (κ2) is 9.47. The van der Waals surface area contributed by atoms with Gasteiger partial charge in [0.25, 0.3) is 0 Å². The summed E-state index contributed by atoms with van der Waals surface area (Å²) in [4.78, 5) is 0. The Bertz CT molecular complexity index is 859. The van der Waals surface area contributed by atoms with E-state index in [9.17, 15) is 19.0 Å². The highest BCUT2D eigenvalue weighted by Gasteiger charge is 2.16. The SMILES string of the molecule is Oc1ccc([C@@H]([CH]Cc2ccc(F)cc2)CC[C@@H](O)c2ccc(F)cc2)cc1. The van der Waals surface area contributed by atoms with Crippen molar-refractivity contribution in [1.82, 2.24) is 0 Å². The van der Waals surface area contributed by atoms with Crippen LogP contribution in [0.4, 0.5) is 8.78 Å². The first-order valence-corrected chi connectivity index (χ1v) is 9.31. The van der Waals surface area contributed by atoms with E-state index in [0.717, 1.165) is 11.1 Å². The molecular formula is C24H23F2O2. The van der Waals surface area contributed by atoms with E-state index < -0.39 is 6.10 Å². The zero-order valence-electron chi connectivity index (χ0n) is 15.4. The molecule has 145 valence electrons. The highest BCUT2D eigenvalue weighted by atomic mass is 19.1. The molecule has 0 saturated heterocycles. The molecule has 2 nitrogen and oxygen atoms in total. The van der Waals surface area contributed by atoms with Gasteiger partial charge in [-0.3, -0.25) is 0 Å². The third-order valence-electron chi connectivity index (χ3n) is 4.88. The van der Waals surface area contributed by atoms with Gasteiger partial charge >= 0.3 is 0 Å². The average Bonchev–Trinajstić information content (AvgIpc) is 2.70. The van der Waals surface area contributed by atoms with E-state index in [1.54, 1.807) is 36.4 Å². The second-order valence-corrected chi connectivity index (χ2v) is 6.91. The number of halogens is 2. The van der Waals surface area contributed by atoms with Gasteiger partial charge in [0, 0.05) is 0 Å². The number of aliphatic hydroxyl groups is 1. The Morgan fingerprint density at radius 2 is 1.25 bits per heavy atom. The number of phenols is 1. The summed E-state index contributed by atoms with van der Waals surface area (Å²) in [6.07, 6.45) is 3.32. The van der Waals surface area contributed by atoms with Gasteiger partial charge in [-0.15, -0.1) is 0 Å². The minimum atomic E-state index is -0.681. The van der Waals surface area contributed by atoms with E-state index in [1.807, 2.05) is 12.1 Å². The topological polar surface area (TPSA) is 40.5 Å². The molecule has 3 rings (SSSR count). The molecule has 2 atom stereocenters. The van der Waals surface area contributed by atoms with Crippen molar-refractivity contribution < 1.29 is 19.0 Å². The van der Waals surface area contributed by atoms with Crippen molar-refractivity contribution in [3.63, 3.8) is 0 Å². The summed E-state index contributed by atoms with van der Waals surface area (Å²) in [7, 11) is 0. The summed E-state index contributed by atoms with van der Waals surface area (Å²) >= 11 is 0.